The summed E-state index contributed by atoms with van der Waals surface area (Å²) in [5, 5.41) is 0.230. The summed E-state index contributed by atoms with van der Waals surface area (Å²) in [6.07, 6.45) is 7.27. The number of benzene rings is 1. The number of hydrogen-bond acceptors (Lipinski definition) is 0. The zero-order chi connectivity index (χ0) is 13.1. The molecule has 1 atom stereocenters. The second-order valence-corrected chi connectivity index (χ2v) is 6.06. The number of alkyl halides is 1. The molecule has 0 N–H and O–H groups in total. The summed E-state index contributed by atoms with van der Waals surface area (Å²) < 4.78 is 0. The monoisotopic (exact) mass is 264 g/mol. The van der Waals surface area contributed by atoms with E-state index in [0.29, 0.717) is 0 Å². The highest BCUT2D eigenvalue weighted by Gasteiger charge is 2.27. The molecular formula is C17H25Cl. The maximum Gasteiger partial charge on any atom is 0.0593 e. The standard InChI is InChI=1S/C17H25Cl/c1-4-12-9-14(5-2)17(15(6-3)10-12)16(18)11-13-7-8-13/h9-10,13,16H,4-8,11H2,1-3H3. The first kappa shape index (κ1) is 13.9. The highest BCUT2D eigenvalue weighted by Crippen LogP contribution is 2.42. The van der Waals surface area contributed by atoms with E-state index in [-0.39, 0.29) is 5.38 Å². The number of aryl methyl sites for hydroxylation is 3. The van der Waals surface area contributed by atoms with Crippen molar-refractivity contribution in [3.8, 4) is 0 Å². The van der Waals surface area contributed by atoms with Gasteiger partial charge in [-0.3, -0.25) is 0 Å². The van der Waals surface area contributed by atoms with Crippen molar-refractivity contribution in [2.24, 2.45) is 5.92 Å². The summed E-state index contributed by atoms with van der Waals surface area (Å²) in [4.78, 5) is 0. The van der Waals surface area contributed by atoms with Crippen LogP contribution in [-0.4, -0.2) is 0 Å². The summed E-state index contributed by atoms with van der Waals surface area (Å²) in [5.74, 6) is 0.896. The van der Waals surface area contributed by atoms with Crippen LogP contribution in [0.1, 0.15) is 67.7 Å². The van der Waals surface area contributed by atoms with Crippen LogP contribution < -0.4 is 0 Å². The molecule has 1 unspecified atom stereocenters. The van der Waals surface area contributed by atoms with E-state index in [1.54, 1.807) is 0 Å². The van der Waals surface area contributed by atoms with Crippen LogP contribution in [0.25, 0.3) is 0 Å². The van der Waals surface area contributed by atoms with E-state index in [1.165, 1.54) is 41.5 Å². The predicted molar refractivity (Wildman–Crippen MR) is 80.5 cm³/mol. The first-order valence-electron chi connectivity index (χ1n) is 7.48. The molecule has 0 heterocycles. The third-order valence-corrected chi connectivity index (χ3v) is 4.53. The smallest absolute Gasteiger partial charge is 0.0593 e. The molecule has 0 aromatic heterocycles. The summed E-state index contributed by atoms with van der Waals surface area (Å²) in [5.41, 5.74) is 5.87. The Labute approximate surface area is 117 Å². The van der Waals surface area contributed by atoms with Gasteiger partial charge >= 0.3 is 0 Å². The Morgan fingerprint density at radius 1 is 1.06 bits per heavy atom. The van der Waals surface area contributed by atoms with Gasteiger partial charge in [-0.25, -0.2) is 0 Å². The molecule has 1 fully saturated rings. The topological polar surface area (TPSA) is 0 Å². The van der Waals surface area contributed by atoms with Crippen molar-refractivity contribution in [1.82, 2.24) is 0 Å². The van der Waals surface area contributed by atoms with Gasteiger partial charge in [0.2, 0.25) is 0 Å². The summed E-state index contributed by atoms with van der Waals surface area (Å²) in [7, 11) is 0. The molecule has 1 aromatic carbocycles. The maximum atomic E-state index is 6.70. The lowest BCUT2D eigenvalue weighted by Gasteiger charge is -2.20. The van der Waals surface area contributed by atoms with Crippen LogP contribution in [-0.2, 0) is 19.3 Å². The lowest BCUT2D eigenvalue weighted by Crippen LogP contribution is -2.04. The largest absolute Gasteiger partial charge is 0.118 e. The van der Waals surface area contributed by atoms with Crippen molar-refractivity contribution >= 4 is 11.6 Å². The van der Waals surface area contributed by atoms with Gasteiger partial charge in [0, 0.05) is 0 Å². The minimum atomic E-state index is 0.230. The number of hydrogen-bond donors (Lipinski definition) is 0. The van der Waals surface area contributed by atoms with Crippen LogP contribution in [0.5, 0.6) is 0 Å². The van der Waals surface area contributed by atoms with E-state index in [0.717, 1.165) is 25.2 Å². The van der Waals surface area contributed by atoms with E-state index in [4.69, 9.17) is 11.6 Å². The second kappa shape index (κ2) is 6.10. The molecule has 1 aliphatic rings. The molecule has 1 aliphatic carbocycles. The van der Waals surface area contributed by atoms with Crippen molar-refractivity contribution in [2.75, 3.05) is 0 Å². The van der Waals surface area contributed by atoms with Gasteiger partial charge in [0.25, 0.3) is 0 Å². The quantitative estimate of drug-likeness (QED) is 0.599. The Hall–Kier alpha value is -0.490. The molecule has 1 aromatic rings. The third kappa shape index (κ3) is 3.09. The van der Waals surface area contributed by atoms with E-state index in [1.807, 2.05) is 0 Å². The molecule has 0 bridgehead atoms. The minimum Gasteiger partial charge on any atom is -0.118 e. The van der Waals surface area contributed by atoms with Gasteiger partial charge in [-0.2, -0.15) is 0 Å². The first-order chi connectivity index (χ1) is 8.69. The SMILES string of the molecule is CCc1cc(CC)c(C(Cl)CC2CC2)c(CC)c1. The number of rotatable bonds is 6. The Morgan fingerprint density at radius 3 is 2.00 bits per heavy atom. The second-order valence-electron chi connectivity index (χ2n) is 5.54. The highest BCUT2D eigenvalue weighted by molar-refractivity contribution is 6.21. The molecule has 0 radical (unpaired) electrons. The van der Waals surface area contributed by atoms with Gasteiger partial charge in [0.1, 0.15) is 0 Å². The fourth-order valence-corrected chi connectivity index (χ4v) is 3.34. The number of halogens is 1. The Kier molecular flexibility index (Phi) is 4.72. The van der Waals surface area contributed by atoms with Gasteiger partial charge < -0.3 is 0 Å². The molecule has 0 spiro atoms. The molecule has 0 nitrogen and oxygen atoms in total. The molecule has 0 amide bonds. The zero-order valence-corrected chi connectivity index (χ0v) is 12.7. The van der Waals surface area contributed by atoms with Gasteiger partial charge in [-0.15, -0.1) is 11.6 Å². The average molecular weight is 265 g/mol. The van der Waals surface area contributed by atoms with Crippen molar-refractivity contribution < 1.29 is 0 Å². The fourth-order valence-electron chi connectivity index (χ4n) is 2.81. The maximum absolute atomic E-state index is 6.70. The molecule has 0 aliphatic heterocycles. The van der Waals surface area contributed by atoms with Crippen LogP contribution in [0.4, 0.5) is 0 Å². The zero-order valence-electron chi connectivity index (χ0n) is 11.9. The van der Waals surface area contributed by atoms with Crippen LogP contribution >= 0.6 is 11.6 Å². The van der Waals surface area contributed by atoms with E-state index >= 15 is 0 Å². The van der Waals surface area contributed by atoms with Gasteiger partial charge in [-0.05, 0) is 53.9 Å². The molecule has 1 heteroatoms. The molecule has 18 heavy (non-hydrogen) atoms. The van der Waals surface area contributed by atoms with Crippen LogP contribution in [0, 0.1) is 5.92 Å². The lowest BCUT2D eigenvalue weighted by atomic mass is 9.90. The van der Waals surface area contributed by atoms with Gasteiger partial charge in [-0.1, -0.05) is 45.7 Å². The van der Waals surface area contributed by atoms with Gasteiger partial charge in [0.15, 0.2) is 0 Å². The average Bonchev–Trinajstić information content (AvgIpc) is 3.20. The molecule has 100 valence electrons. The Balaban J connectivity index is 2.34. The van der Waals surface area contributed by atoms with Crippen molar-refractivity contribution in [3.63, 3.8) is 0 Å². The molecule has 0 saturated heterocycles. The molecule has 2 rings (SSSR count). The fraction of sp³-hybridized carbons (Fsp3) is 0.647. The summed E-state index contributed by atoms with van der Waals surface area (Å²) in [6, 6.07) is 4.74. The Bertz CT molecular complexity index is 379. The van der Waals surface area contributed by atoms with Crippen LogP contribution in [0.15, 0.2) is 12.1 Å². The lowest BCUT2D eigenvalue weighted by molar-refractivity contribution is 0.695. The van der Waals surface area contributed by atoms with E-state index in [9.17, 15) is 0 Å². The predicted octanol–water partition coefficient (Wildman–Crippen LogP) is 5.45. The molecule has 1 saturated carbocycles. The van der Waals surface area contributed by atoms with Crippen LogP contribution in [0.2, 0.25) is 0 Å². The van der Waals surface area contributed by atoms with E-state index in [2.05, 4.69) is 32.9 Å². The van der Waals surface area contributed by atoms with Gasteiger partial charge in [0.05, 0.1) is 5.38 Å². The first-order valence-corrected chi connectivity index (χ1v) is 7.91. The van der Waals surface area contributed by atoms with Crippen molar-refractivity contribution in [2.45, 2.75) is 64.7 Å². The van der Waals surface area contributed by atoms with E-state index < -0.39 is 0 Å². The van der Waals surface area contributed by atoms with Crippen molar-refractivity contribution in [1.29, 1.82) is 0 Å². The normalized spacial score (nSPS) is 16.9. The highest BCUT2D eigenvalue weighted by atomic mass is 35.5. The third-order valence-electron chi connectivity index (χ3n) is 4.13. The van der Waals surface area contributed by atoms with Crippen LogP contribution in [0.3, 0.4) is 0 Å². The Morgan fingerprint density at radius 2 is 1.61 bits per heavy atom. The minimum absolute atomic E-state index is 0.230. The van der Waals surface area contributed by atoms with Crippen molar-refractivity contribution in [3.05, 3.63) is 34.4 Å². The summed E-state index contributed by atoms with van der Waals surface area (Å²) in [6.45, 7) is 6.73. The molecular weight excluding hydrogens is 240 g/mol. The summed E-state index contributed by atoms with van der Waals surface area (Å²) >= 11 is 6.70.